The number of hydrogen-bond acceptors (Lipinski definition) is 2. The molecule has 0 aliphatic heterocycles. The summed E-state index contributed by atoms with van der Waals surface area (Å²) in [6.45, 7) is 6.92. The second-order valence-corrected chi connectivity index (χ2v) is 6.62. The van der Waals surface area contributed by atoms with E-state index in [1.807, 2.05) is 6.92 Å². The zero-order chi connectivity index (χ0) is 16.5. The first-order valence-corrected chi connectivity index (χ1v) is 9.90. The monoisotopic (exact) mass is 312 g/mol. The molecule has 0 aromatic carbocycles. The number of carbonyl (C=O) groups excluding carboxylic acids is 1. The molecule has 0 heterocycles. The predicted molar refractivity (Wildman–Crippen MR) is 96.1 cm³/mol. The first kappa shape index (κ1) is 21.5. The van der Waals surface area contributed by atoms with Crippen LogP contribution in [0.1, 0.15) is 111 Å². The fourth-order valence-corrected chi connectivity index (χ4v) is 3.06. The number of unbranched alkanes of at least 4 members (excludes halogenated alkanes) is 8. The Bertz CT molecular complexity index is 224. The first-order chi connectivity index (χ1) is 10.7. The maximum atomic E-state index is 11.6. The van der Waals surface area contributed by atoms with E-state index in [0.717, 1.165) is 12.3 Å². The summed E-state index contributed by atoms with van der Waals surface area (Å²) in [6, 6.07) is 0. The van der Waals surface area contributed by atoms with E-state index in [9.17, 15) is 4.79 Å². The van der Waals surface area contributed by atoms with Crippen LogP contribution in [0.2, 0.25) is 0 Å². The average molecular weight is 313 g/mol. The van der Waals surface area contributed by atoms with E-state index >= 15 is 0 Å². The molecule has 0 bridgehead atoms. The van der Waals surface area contributed by atoms with Crippen LogP contribution in [0.3, 0.4) is 0 Å². The molecule has 0 aliphatic carbocycles. The van der Waals surface area contributed by atoms with Crippen molar-refractivity contribution in [3.05, 3.63) is 0 Å². The van der Waals surface area contributed by atoms with Crippen LogP contribution in [0.25, 0.3) is 0 Å². The molecule has 0 unspecified atom stereocenters. The third-order valence-electron chi connectivity index (χ3n) is 4.49. The van der Waals surface area contributed by atoms with Gasteiger partial charge in [0.25, 0.3) is 0 Å². The molecule has 0 radical (unpaired) electrons. The van der Waals surface area contributed by atoms with Gasteiger partial charge in [-0.15, -0.1) is 0 Å². The number of esters is 1. The Morgan fingerprint density at radius 1 is 0.727 bits per heavy atom. The zero-order valence-electron chi connectivity index (χ0n) is 15.5. The number of carbonyl (C=O) groups is 1. The maximum Gasteiger partial charge on any atom is 0.305 e. The van der Waals surface area contributed by atoms with Gasteiger partial charge in [0.1, 0.15) is 0 Å². The molecule has 2 nitrogen and oxygen atoms in total. The van der Waals surface area contributed by atoms with Gasteiger partial charge >= 0.3 is 5.97 Å². The molecular formula is C20H40O2. The lowest BCUT2D eigenvalue weighted by molar-refractivity contribution is -0.143. The molecule has 0 amide bonds. The number of ether oxygens (including phenoxy) is 1. The number of hydrogen-bond donors (Lipinski definition) is 0. The van der Waals surface area contributed by atoms with E-state index in [2.05, 4.69) is 13.8 Å². The summed E-state index contributed by atoms with van der Waals surface area (Å²) < 4.78 is 5.07. The summed E-state index contributed by atoms with van der Waals surface area (Å²) in [5.74, 6) is 0.720. The third kappa shape index (κ3) is 14.4. The molecule has 0 saturated heterocycles. The summed E-state index contributed by atoms with van der Waals surface area (Å²) in [6.07, 6.45) is 17.7. The second-order valence-electron chi connectivity index (χ2n) is 6.62. The van der Waals surface area contributed by atoms with Gasteiger partial charge in [0, 0.05) is 6.42 Å². The van der Waals surface area contributed by atoms with Crippen LogP contribution in [0.5, 0.6) is 0 Å². The van der Waals surface area contributed by atoms with Crippen LogP contribution in [-0.4, -0.2) is 12.6 Å². The molecule has 0 aromatic rings. The molecular weight excluding hydrogens is 272 g/mol. The molecule has 22 heavy (non-hydrogen) atoms. The van der Waals surface area contributed by atoms with Crippen molar-refractivity contribution in [2.24, 2.45) is 5.92 Å². The zero-order valence-corrected chi connectivity index (χ0v) is 15.5. The minimum atomic E-state index is -0.00975. The van der Waals surface area contributed by atoms with E-state index in [1.54, 1.807) is 0 Å². The van der Waals surface area contributed by atoms with Crippen LogP contribution >= 0.6 is 0 Å². The molecule has 0 aliphatic rings. The Morgan fingerprint density at radius 2 is 1.23 bits per heavy atom. The summed E-state index contributed by atoms with van der Waals surface area (Å²) in [5.41, 5.74) is 0. The summed E-state index contributed by atoms with van der Waals surface area (Å²) in [4.78, 5) is 11.6. The van der Waals surface area contributed by atoms with E-state index in [-0.39, 0.29) is 5.97 Å². The van der Waals surface area contributed by atoms with Gasteiger partial charge in [0.15, 0.2) is 0 Å². The van der Waals surface area contributed by atoms with Crippen molar-refractivity contribution in [2.75, 3.05) is 6.61 Å². The predicted octanol–water partition coefficient (Wildman–Crippen LogP) is 6.67. The van der Waals surface area contributed by atoms with Crippen LogP contribution in [0, 0.1) is 5.92 Å². The van der Waals surface area contributed by atoms with Crippen molar-refractivity contribution < 1.29 is 9.53 Å². The molecule has 0 saturated carbocycles. The molecule has 0 atom stereocenters. The summed E-state index contributed by atoms with van der Waals surface area (Å²) >= 11 is 0. The Morgan fingerprint density at radius 3 is 1.68 bits per heavy atom. The van der Waals surface area contributed by atoms with Crippen molar-refractivity contribution in [1.29, 1.82) is 0 Å². The van der Waals surface area contributed by atoms with E-state index in [4.69, 9.17) is 4.74 Å². The lowest BCUT2D eigenvalue weighted by Gasteiger charge is -2.16. The Balaban J connectivity index is 3.88. The van der Waals surface area contributed by atoms with Crippen molar-refractivity contribution >= 4 is 5.97 Å². The highest BCUT2D eigenvalue weighted by Gasteiger charge is 2.12. The van der Waals surface area contributed by atoms with Crippen molar-refractivity contribution in [3.63, 3.8) is 0 Å². The molecule has 0 N–H and O–H groups in total. The molecule has 0 spiro atoms. The van der Waals surface area contributed by atoms with Gasteiger partial charge in [-0.25, -0.2) is 0 Å². The summed E-state index contributed by atoms with van der Waals surface area (Å²) in [5, 5.41) is 0. The van der Waals surface area contributed by atoms with Crippen LogP contribution in [-0.2, 0) is 9.53 Å². The Labute approximate surface area is 139 Å². The lowest BCUT2D eigenvalue weighted by Crippen LogP contribution is -2.08. The largest absolute Gasteiger partial charge is 0.466 e. The highest BCUT2D eigenvalue weighted by atomic mass is 16.5. The molecule has 0 fully saturated rings. The van der Waals surface area contributed by atoms with Gasteiger partial charge in [-0.2, -0.15) is 0 Å². The van der Waals surface area contributed by atoms with Crippen LogP contribution < -0.4 is 0 Å². The Hall–Kier alpha value is -0.530. The highest BCUT2D eigenvalue weighted by molar-refractivity contribution is 5.69. The van der Waals surface area contributed by atoms with E-state index < -0.39 is 0 Å². The quantitative estimate of drug-likeness (QED) is 0.235. The normalized spacial score (nSPS) is 11.1. The van der Waals surface area contributed by atoms with Gasteiger partial charge in [0.2, 0.25) is 0 Å². The third-order valence-corrected chi connectivity index (χ3v) is 4.49. The molecule has 0 rings (SSSR count). The highest BCUT2D eigenvalue weighted by Crippen LogP contribution is 2.23. The minimum absolute atomic E-state index is 0.00975. The SMILES string of the molecule is CCCCCCCC(CCCCCCC)CCC(=O)OCC. The molecule has 2 heteroatoms. The van der Waals surface area contributed by atoms with Crippen molar-refractivity contribution in [2.45, 2.75) is 111 Å². The fraction of sp³-hybridized carbons (Fsp3) is 0.950. The number of rotatable bonds is 16. The van der Waals surface area contributed by atoms with E-state index in [0.29, 0.717) is 13.0 Å². The van der Waals surface area contributed by atoms with E-state index in [1.165, 1.54) is 77.0 Å². The standard InChI is InChI=1S/C20H40O2/c1-4-7-9-11-13-15-19(16-14-12-10-8-5-2)17-18-20(21)22-6-3/h19H,4-18H2,1-3H3. The summed E-state index contributed by atoms with van der Waals surface area (Å²) in [7, 11) is 0. The lowest BCUT2D eigenvalue weighted by atomic mass is 9.90. The van der Waals surface area contributed by atoms with Crippen molar-refractivity contribution in [3.8, 4) is 0 Å². The van der Waals surface area contributed by atoms with Gasteiger partial charge in [0.05, 0.1) is 6.61 Å². The smallest absolute Gasteiger partial charge is 0.305 e. The van der Waals surface area contributed by atoms with Crippen LogP contribution in [0.4, 0.5) is 0 Å². The van der Waals surface area contributed by atoms with Gasteiger partial charge in [-0.3, -0.25) is 4.79 Å². The maximum absolute atomic E-state index is 11.6. The first-order valence-electron chi connectivity index (χ1n) is 9.90. The average Bonchev–Trinajstić information content (AvgIpc) is 2.51. The van der Waals surface area contributed by atoms with Crippen molar-refractivity contribution in [1.82, 2.24) is 0 Å². The topological polar surface area (TPSA) is 26.3 Å². The van der Waals surface area contributed by atoms with Gasteiger partial charge in [-0.1, -0.05) is 90.9 Å². The second kappa shape index (κ2) is 16.8. The molecule has 132 valence electrons. The molecule has 0 aromatic heterocycles. The van der Waals surface area contributed by atoms with Crippen LogP contribution in [0.15, 0.2) is 0 Å². The van der Waals surface area contributed by atoms with Gasteiger partial charge in [-0.05, 0) is 19.3 Å². The minimum Gasteiger partial charge on any atom is -0.466 e. The Kier molecular flexibility index (Phi) is 16.4. The fourth-order valence-electron chi connectivity index (χ4n) is 3.06. The van der Waals surface area contributed by atoms with Gasteiger partial charge < -0.3 is 4.74 Å².